The number of carboxylic acids is 1. The second-order valence-corrected chi connectivity index (χ2v) is 3.67. The Bertz CT molecular complexity index is 589. The largest absolute Gasteiger partial charge is 0.478 e. The highest BCUT2D eigenvalue weighted by Crippen LogP contribution is 2.14. The number of amides is 1. The van der Waals surface area contributed by atoms with Crippen LogP contribution >= 0.6 is 0 Å². The van der Waals surface area contributed by atoms with Gasteiger partial charge in [-0.3, -0.25) is 4.79 Å². The first kappa shape index (κ1) is 11.1. The first-order chi connectivity index (χ1) is 8.06. The van der Waals surface area contributed by atoms with E-state index in [1.54, 1.807) is 12.1 Å². The Hall–Kier alpha value is -2.37. The zero-order chi connectivity index (χ0) is 12.4. The van der Waals surface area contributed by atoms with E-state index in [0.29, 0.717) is 17.6 Å². The average molecular weight is 233 g/mol. The summed E-state index contributed by atoms with van der Waals surface area (Å²) in [7, 11) is 0. The van der Waals surface area contributed by atoms with Gasteiger partial charge in [-0.05, 0) is 12.1 Å². The SMILES string of the molecule is CC(=O)NCc1cc2cc(C(=O)O)cnc2[nH]1. The number of carbonyl (C=O) groups is 2. The molecule has 0 aliphatic carbocycles. The number of aromatic nitrogens is 2. The Balaban J connectivity index is 2.30. The van der Waals surface area contributed by atoms with Gasteiger partial charge in [-0.15, -0.1) is 0 Å². The number of aromatic amines is 1. The van der Waals surface area contributed by atoms with Crippen molar-refractivity contribution in [3.8, 4) is 0 Å². The van der Waals surface area contributed by atoms with Crippen molar-refractivity contribution in [3.05, 3.63) is 29.6 Å². The number of hydrogen-bond acceptors (Lipinski definition) is 3. The van der Waals surface area contributed by atoms with E-state index >= 15 is 0 Å². The predicted molar refractivity (Wildman–Crippen MR) is 60.6 cm³/mol. The Labute approximate surface area is 96.7 Å². The van der Waals surface area contributed by atoms with Crippen LogP contribution < -0.4 is 5.32 Å². The van der Waals surface area contributed by atoms with Gasteiger partial charge in [0.1, 0.15) is 5.65 Å². The number of pyridine rings is 1. The van der Waals surface area contributed by atoms with Gasteiger partial charge in [0, 0.05) is 24.2 Å². The highest BCUT2D eigenvalue weighted by Gasteiger charge is 2.07. The summed E-state index contributed by atoms with van der Waals surface area (Å²) in [5.74, 6) is -1.13. The number of nitrogens with one attached hydrogen (secondary N) is 2. The van der Waals surface area contributed by atoms with Gasteiger partial charge in [0.05, 0.1) is 12.1 Å². The molecule has 0 atom stereocenters. The van der Waals surface area contributed by atoms with Crippen molar-refractivity contribution >= 4 is 22.9 Å². The molecule has 17 heavy (non-hydrogen) atoms. The lowest BCUT2D eigenvalue weighted by molar-refractivity contribution is -0.119. The molecule has 3 N–H and O–H groups in total. The molecule has 0 aromatic carbocycles. The minimum absolute atomic E-state index is 0.122. The quantitative estimate of drug-likeness (QED) is 0.733. The van der Waals surface area contributed by atoms with Crippen molar-refractivity contribution in [2.75, 3.05) is 0 Å². The van der Waals surface area contributed by atoms with Crippen LogP contribution in [0.5, 0.6) is 0 Å². The number of aromatic carboxylic acids is 1. The molecule has 88 valence electrons. The van der Waals surface area contributed by atoms with Crippen molar-refractivity contribution in [1.82, 2.24) is 15.3 Å². The maximum atomic E-state index is 10.8. The summed E-state index contributed by atoms with van der Waals surface area (Å²) in [6, 6.07) is 3.31. The number of nitrogens with zero attached hydrogens (tertiary/aromatic N) is 1. The van der Waals surface area contributed by atoms with Crippen molar-refractivity contribution in [2.24, 2.45) is 0 Å². The molecule has 0 radical (unpaired) electrons. The third-order valence-corrected chi connectivity index (χ3v) is 2.30. The van der Waals surface area contributed by atoms with Gasteiger partial charge in [-0.2, -0.15) is 0 Å². The fraction of sp³-hybridized carbons (Fsp3) is 0.182. The highest BCUT2D eigenvalue weighted by atomic mass is 16.4. The molecular weight excluding hydrogens is 222 g/mol. The minimum Gasteiger partial charge on any atom is -0.478 e. The molecule has 0 saturated heterocycles. The number of carboxylic acid groups (broad SMARTS) is 1. The molecule has 0 saturated carbocycles. The van der Waals surface area contributed by atoms with Crippen molar-refractivity contribution in [1.29, 1.82) is 0 Å². The maximum absolute atomic E-state index is 10.8. The summed E-state index contributed by atoms with van der Waals surface area (Å²) in [6.07, 6.45) is 1.29. The third-order valence-electron chi connectivity index (χ3n) is 2.30. The maximum Gasteiger partial charge on any atom is 0.337 e. The van der Waals surface area contributed by atoms with E-state index in [1.165, 1.54) is 13.1 Å². The summed E-state index contributed by atoms with van der Waals surface area (Å²) in [4.78, 5) is 28.5. The van der Waals surface area contributed by atoms with Gasteiger partial charge in [-0.1, -0.05) is 0 Å². The second kappa shape index (κ2) is 4.25. The van der Waals surface area contributed by atoms with E-state index < -0.39 is 5.97 Å². The van der Waals surface area contributed by atoms with Crippen LogP contribution in [0.25, 0.3) is 11.0 Å². The molecule has 1 amide bonds. The summed E-state index contributed by atoms with van der Waals surface area (Å²) in [5, 5.41) is 12.2. The molecule has 6 nitrogen and oxygen atoms in total. The number of hydrogen-bond donors (Lipinski definition) is 3. The number of rotatable bonds is 3. The summed E-state index contributed by atoms with van der Waals surface area (Å²) >= 11 is 0. The molecule has 0 aliphatic rings. The van der Waals surface area contributed by atoms with Crippen LogP contribution in [0.1, 0.15) is 23.0 Å². The van der Waals surface area contributed by atoms with E-state index in [0.717, 1.165) is 5.69 Å². The Morgan fingerprint density at radius 2 is 2.24 bits per heavy atom. The second-order valence-electron chi connectivity index (χ2n) is 3.67. The first-order valence-electron chi connectivity index (χ1n) is 5.01. The van der Waals surface area contributed by atoms with E-state index in [9.17, 15) is 9.59 Å². The molecular formula is C11H11N3O3. The molecule has 2 aromatic heterocycles. The van der Waals surface area contributed by atoms with E-state index in [1.807, 2.05) is 0 Å². The molecule has 2 aromatic rings. The van der Waals surface area contributed by atoms with Crippen LogP contribution in [0.3, 0.4) is 0 Å². The van der Waals surface area contributed by atoms with Crippen molar-refractivity contribution < 1.29 is 14.7 Å². The minimum atomic E-state index is -1.01. The molecule has 2 heterocycles. The Kier molecular flexibility index (Phi) is 2.78. The van der Waals surface area contributed by atoms with Gasteiger partial charge < -0.3 is 15.4 Å². The normalized spacial score (nSPS) is 10.4. The topological polar surface area (TPSA) is 95.1 Å². The van der Waals surface area contributed by atoms with E-state index in [-0.39, 0.29) is 11.5 Å². The fourth-order valence-electron chi connectivity index (χ4n) is 1.50. The molecule has 0 spiro atoms. The molecule has 0 fully saturated rings. The van der Waals surface area contributed by atoms with Crippen LogP contribution in [-0.4, -0.2) is 27.0 Å². The van der Waals surface area contributed by atoms with E-state index in [4.69, 9.17) is 5.11 Å². The predicted octanol–water partition coefficient (Wildman–Crippen LogP) is 0.897. The van der Waals surface area contributed by atoms with Gasteiger partial charge in [0.25, 0.3) is 0 Å². The molecule has 2 rings (SSSR count). The Morgan fingerprint density at radius 3 is 2.88 bits per heavy atom. The van der Waals surface area contributed by atoms with Gasteiger partial charge in [0.2, 0.25) is 5.91 Å². The third kappa shape index (κ3) is 2.41. The lowest BCUT2D eigenvalue weighted by Gasteiger charge is -1.97. The molecule has 0 unspecified atom stereocenters. The summed E-state index contributed by atoms with van der Waals surface area (Å²) in [5.41, 5.74) is 1.53. The zero-order valence-corrected chi connectivity index (χ0v) is 9.15. The van der Waals surface area contributed by atoms with Crippen molar-refractivity contribution in [3.63, 3.8) is 0 Å². The zero-order valence-electron chi connectivity index (χ0n) is 9.15. The van der Waals surface area contributed by atoms with Crippen molar-refractivity contribution in [2.45, 2.75) is 13.5 Å². The van der Waals surface area contributed by atoms with Gasteiger partial charge in [0.15, 0.2) is 0 Å². The smallest absolute Gasteiger partial charge is 0.337 e. The van der Waals surface area contributed by atoms with Crippen LogP contribution in [0.4, 0.5) is 0 Å². The monoisotopic (exact) mass is 233 g/mol. The molecule has 0 aliphatic heterocycles. The van der Waals surface area contributed by atoms with Crippen LogP contribution in [0.15, 0.2) is 18.3 Å². The molecule has 0 bridgehead atoms. The lowest BCUT2D eigenvalue weighted by Crippen LogP contribution is -2.18. The summed E-state index contributed by atoms with van der Waals surface area (Å²) < 4.78 is 0. The average Bonchev–Trinajstić information content (AvgIpc) is 2.67. The highest BCUT2D eigenvalue weighted by molar-refractivity contribution is 5.91. The summed E-state index contributed by atoms with van der Waals surface area (Å²) in [6.45, 7) is 1.80. The fourth-order valence-corrected chi connectivity index (χ4v) is 1.50. The number of H-pyrrole nitrogens is 1. The number of carbonyl (C=O) groups excluding carboxylic acids is 1. The lowest BCUT2D eigenvalue weighted by atomic mass is 10.2. The van der Waals surface area contributed by atoms with E-state index in [2.05, 4.69) is 15.3 Å². The first-order valence-corrected chi connectivity index (χ1v) is 5.01. The van der Waals surface area contributed by atoms with Crippen LogP contribution in [0.2, 0.25) is 0 Å². The van der Waals surface area contributed by atoms with Gasteiger partial charge >= 0.3 is 5.97 Å². The van der Waals surface area contributed by atoms with Crippen LogP contribution in [0, 0.1) is 0 Å². The van der Waals surface area contributed by atoms with Gasteiger partial charge in [-0.25, -0.2) is 9.78 Å². The number of fused-ring (bicyclic) bond motifs is 1. The van der Waals surface area contributed by atoms with Crippen LogP contribution in [-0.2, 0) is 11.3 Å². The standard InChI is InChI=1S/C11H11N3O3/c1-6(15)12-5-9-3-7-2-8(11(16)17)4-13-10(7)14-9/h2-4H,5H2,1H3,(H,12,15)(H,13,14)(H,16,17). The Morgan fingerprint density at radius 1 is 1.47 bits per heavy atom. The molecule has 6 heteroatoms.